The Bertz CT molecular complexity index is 275. The smallest absolute Gasteiger partial charge is 0.160 e. The Balaban J connectivity index is 2.50. The minimum absolute atomic E-state index is 0.520. The fourth-order valence-electron chi connectivity index (χ4n) is 1.03. The van der Waals surface area contributed by atoms with Crippen LogP contribution in [0, 0.1) is 0 Å². The molecular weight excluding hydrogens is 144 g/mol. The van der Waals surface area contributed by atoms with E-state index in [-0.39, 0.29) is 0 Å². The minimum atomic E-state index is 0.520. The van der Waals surface area contributed by atoms with E-state index in [9.17, 15) is 0 Å². The van der Waals surface area contributed by atoms with E-state index in [1.807, 2.05) is 7.05 Å². The number of nitrogens with zero attached hydrogens (tertiary/aromatic N) is 2. The predicted molar refractivity (Wildman–Crippen MR) is 40.0 cm³/mol. The lowest BCUT2D eigenvalue weighted by Crippen LogP contribution is -1.97. The summed E-state index contributed by atoms with van der Waals surface area (Å²) >= 11 is 0. The second-order valence-electron chi connectivity index (χ2n) is 2.19. The van der Waals surface area contributed by atoms with E-state index in [2.05, 4.69) is 20.8 Å². The largest absolute Gasteiger partial charge is 0.373 e. The van der Waals surface area contributed by atoms with Crippen molar-refractivity contribution in [1.29, 1.82) is 0 Å². The molecule has 11 heavy (non-hydrogen) atoms. The highest BCUT2D eigenvalue weighted by atomic mass is 16.7. The molecule has 0 radical (unpaired) electrons. The molecule has 1 aliphatic rings. The molecule has 1 aromatic rings. The molecule has 5 heteroatoms. The fourth-order valence-corrected chi connectivity index (χ4v) is 1.03. The van der Waals surface area contributed by atoms with Crippen molar-refractivity contribution >= 4 is 11.6 Å². The van der Waals surface area contributed by atoms with Crippen LogP contribution in [0.1, 0.15) is 5.56 Å². The summed E-state index contributed by atoms with van der Waals surface area (Å²) in [6, 6.07) is 0. The van der Waals surface area contributed by atoms with Gasteiger partial charge < -0.3 is 5.32 Å². The molecule has 2 N–H and O–H groups in total. The summed E-state index contributed by atoms with van der Waals surface area (Å²) in [5.74, 6) is 1.57. The molecule has 0 amide bonds. The molecule has 0 bridgehead atoms. The second-order valence-corrected chi connectivity index (χ2v) is 2.19. The van der Waals surface area contributed by atoms with Crippen LogP contribution in [0.5, 0.6) is 0 Å². The monoisotopic (exact) mass is 152 g/mol. The number of fused-ring (bicyclic) bond motifs is 1. The molecule has 2 rings (SSSR count). The molecule has 0 aliphatic carbocycles. The molecular formula is C6H8N4O. The van der Waals surface area contributed by atoms with Crippen molar-refractivity contribution in [2.45, 2.75) is 6.61 Å². The zero-order valence-corrected chi connectivity index (χ0v) is 6.09. The highest BCUT2D eigenvalue weighted by Crippen LogP contribution is 2.24. The van der Waals surface area contributed by atoms with E-state index in [1.165, 1.54) is 6.33 Å². The number of aromatic nitrogens is 2. The minimum Gasteiger partial charge on any atom is -0.373 e. The van der Waals surface area contributed by atoms with Gasteiger partial charge in [0.25, 0.3) is 0 Å². The predicted octanol–water partition coefficient (Wildman–Crippen LogP) is 0.375. The SMILES string of the molecule is CNc1ncnc2c1CON2. The van der Waals surface area contributed by atoms with Gasteiger partial charge in [-0.3, -0.25) is 4.84 Å². The number of nitrogens with one attached hydrogen (secondary N) is 2. The van der Waals surface area contributed by atoms with Crippen molar-refractivity contribution in [3.8, 4) is 0 Å². The zero-order valence-electron chi connectivity index (χ0n) is 6.09. The highest BCUT2D eigenvalue weighted by molar-refractivity contribution is 5.57. The molecule has 0 aromatic carbocycles. The zero-order chi connectivity index (χ0) is 7.68. The molecule has 0 saturated heterocycles. The molecule has 0 saturated carbocycles. The van der Waals surface area contributed by atoms with E-state index in [1.54, 1.807) is 0 Å². The van der Waals surface area contributed by atoms with E-state index in [0.29, 0.717) is 6.61 Å². The third-order valence-corrected chi connectivity index (χ3v) is 1.57. The van der Waals surface area contributed by atoms with Gasteiger partial charge in [0.15, 0.2) is 5.82 Å². The average Bonchev–Trinajstić information content (AvgIpc) is 2.50. The lowest BCUT2D eigenvalue weighted by Gasteiger charge is -2.01. The number of anilines is 2. The van der Waals surface area contributed by atoms with Crippen molar-refractivity contribution in [2.75, 3.05) is 17.8 Å². The van der Waals surface area contributed by atoms with Crippen LogP contribution in [0.15, 0.2) is 6.33 Å². The molecule has 2 heterocycles. The lowest BCUT2D eigenvalue weighted by molar-refractivity contribution is 0.202. The topological polar surface area (TPSA) is 59.1 Å². The van der Waals surface area contributed by atoms with Gasteiger partial charge >= 0.3 is 0 Å². The molecule has 1 aromatic heterocycles. The van der Waals surface area contributed by atoms with E-state index < -0.39 is 0 Å². The third-order valence-electron chi connectivity index (χ3n) is 1.57. The number of hydrogen-bond donors (Lipinski definition) is 2. The van der Waals surface area contributed by atoms with Gasteiger partial charge in [-0.2, -0.15) is 0 Å². The van der Waals surface area contributed by atoms with Crippen molar-refractivity contribution in [3.05, 3.63) is 11.9 Å². The van der Waals surface area contributed by atoms with Crippen molar-refractivity contribution in [1.82, 2.24) is 9.97 Å². The summed E-state index contributed by atoms with van der Waals surface area (Å²) in [6.45, 7) is 0.520. The molecule has 0 atom stereocenters. The van der Waals surface area contributed by atoms with Crippen LogP contribution < -0.4 is 10.8 Å². The molecule has 58 valence electrons. The molecule has 0 spiro atoms. The second kappa shape index (κ2) is 2.35. The Hall–Kier alpha value is -1.36. The van der Waals surface area contributed by atoms with Gasteiger partial charge in [-0.05, 0) is 0 Å². The lowest BCUT2D eigenvalue weighted by atomic mass is 10.3. The van der Waals surface area contributed by atoms with Crippen LogP contribution in [-0.4, -0.2) is 17.0 Å². The summed E-state index contributed by atoms with van der Waals surface area (Å²) in [7, 11) is 1.82. The Morgan fingerprint density at radius 3 is 3.36 bits per heavy atom. The maximum Gasteiger partial charge on any atom is 0.160 e. The van der Waals surface area contributed by atoms with Crippen LogP contribution in [-0.2, 0) is 11.4 Å². The molecule has 1 aliphatic heterocycles. The van der Waals surface area contributed by atoms with E-state index in [4.69, 9.17) is 4.84 Å². The first-order chi connectivity index (χ1) is 5.42. The average molecular weight is 152 g/mol. The summed E-state index contributed by atoms with van der Waals surface area (Å²) in [5.41, 5.74) is 3.67. The Morgan fingerprint density at radius 1 is 1.64 bits per heavy atom. The third kappa shape index (κ3) is 0.894. The normalized spacial score (nSPS) is 13.9. The van der Waals surface area contributed by atoms with Crippen LogP contribution in [0.25, 0.3) is 0 Å². The van der Waals surface area contributed by atoms with Gasteiger partial charge in [-0.1, -0.05) is 0 Å². The van der Waals surface area contributed by atoms with Gasteiger partial charge in [-0.25, -0.2) is 15.4 Å². The molecule has 0 fully saturated rings. The Kier molecular flexibility index (Phi) is 1.36. The van der Waals surface area contributed by atoms with Gasteiger partial charge in [0.05, 0.1) is 5.56 Å². The first kappa shape index (κ1) is 6.36. The van der Waals surface area contributed by atoms with Crippen LogP contribution in [0.4, 0.5) is 11.6 Å². The quantitative estimate of drug-likeness (QED) is 0.609. The van der Waals surface area contributed by atoms with Crippen molar-refractivity contribution in [2.24, 2.45) is 0 Å². The maximum atomic E-state index is 4.96. The maximum absolute atomic E-state index is 4.96. The molecule has 0 unspecified atom stereocenters. The van der Waals surface area contributed by atoms with Crippen molar-refractivity contribution in [3.63, 3.8) is 0 Å². The highest BCUT2D eigenvalue weighted by Gasteiger charge is 2.16. The fraction of sp³-hybridized carbons (Fsp3) is 0.333. The first-order valence-corrected chi connectivity index (χ1v) is 3.31. The summed E-state index contributed by atoms with van der Waals surface area (Å²) in [4.78, 5) is 13.0. The van der Waals surface area contributed by atoms with Crippen LogP contribution >= 0.6 is 0 Å². The standard InChI is InChI=1S/C6H8N4O/c1-7-5-4-2-11-10-6(4)9-3-8-5/h3H,2H2,1H3,(H2,7,8,9,10). The Labute approximate surface area is 63.8 Å². The number of hydrogen-bond acceptors (Lipinski definition) is 5. The molecule has 5 nitrogen and oxygen atoms in total. The van der Waals surface area contributed by atoms with Crippen LogP contribution in [0.2, 0.25) is 0 Å². The van der Waals surface area contributed by atoms with E-state index in [0.717, 1.165) is 17.2 Å². The van der Waals surface area contributed by atoms with Gasteiger partial charge in [0.2, 0.25) is 0 Å². The van der Waals surface area contributed by atoms with Gasteiger partial charge in [-0.15, -0.1) is 0 Å². The summed E-state index contributed by atoms with van der Waals surface area (Å²) in [5, 5.41) is 2.96. The number of rotatable bonds is 1. The van der Waals surface area contributed by atoms with Gasteiger partial charge in [0, 0.05) is 7.05 Å². The van der Waals surface area contributed by atoms with Gasteiger partial charge in [0.1, 0.15) is 18.8 Å². The summed E-state index contributed by atoms with van der Waals surface area (Å²) < 4.78 is 0. The van der Waals surface area contributed by atoms with Crippen molar-refractivity contribution < 1.29 is 4.84 Å². The van der Waals surface area contributed by atoms with E-state index >= 15 is 0 Å². The van der Waals surface area contributed by atoms with Crippen LogP contribution in [0.3, 0.4) is 0 Å². The Morgan fingerprint density at radius 2 is 2.55 bits per heavy atom. The summed E-state index contributed by atoms with van der Waals surface area (Å²) in [6.07, 6.45) is 1.49. The first-order valence-electron chi connectivity index (χ1n) is 3.31.